The van der Waals surface area contributed by atoms with Crippen molar-refractivity contribution in [3.63, 3.8) is 0 Å². The molecule has 1 N–H and O–H groups in total. The van der Waals surface area contributed by atoms with E-state index in [1.807, 2.05) is 11.1 Å². The van der Waals surface area contributed by atoms with Crippen molar-refractivity contribution in [3.05, 3.63) is 30.9 Å². The van der Waals surface area contributed by atoms with Gasteiger partial charge < -0.3 is 14.8 Å². The van der Waals surface area contributed by atoms with Crippen molar-refractivity contribution in [3.8, 4) is 0 Å². The normalized spacial score (nSPS) is 14.6. The minimum atomic E-state index is 0.121. The Morgan fingerprint density at radius 1 is 1.62 bits per heavy atom. The number of imidazole rings is 1. The highest BCUT2D eigenvalue weighted by molar-refractivity contribution is 5.78. The Morgan fingerprint density at radius 2 is 2.50 bits per heavy atom. The molecule has 86 valence electrons. The Labute approximate surface area is 94.8 Å². The molecule has 0 aliphatic carbocycles. The highest BCUT2D eigenvalue weighted by Gasteiger charge is 2.20. The molecule has 0 unspecified atom stereocenters. The lowest BCUT2D eigenvalue weighted by Crippen LogP contribution is -2.42. The lowest BCUT2D eigenvalue weighted by atomic mass is 10.3. The summed E-state index contributed by atoms with van der Waals surface area (Å²) in [6, 6.07) is 0. The zero-order valence-electron chi connectivity index (χ0n) is 9.22. The molecule has 1 aromatic heterocycles. The molecule has 0 atom stereocenters. The summed E-state index contributed by atoms with van der Waals surface area (Å²) in [7, 11) is 0. The molecule has 5 heteroatoms. The van der Waals surface area contributed by atoms with Crippen LogP contribution in [0.2, 0.25) is 0 Å². The van der Waals surface area contributed by atoms with Gasteiger partial charge in [0.05, 0.1) is 13.1 Å². The van der Waals surface area contributed by atoms with Gasteiger partial charge >= 0.3 is 0 Å². The van der Waals surface area contributed by atoms with E-state index >= 15 is 0 Å². The topological polar surface area (TPSA) is 50.2 Å². The van der Waals surface area contributed by atoms with E-state index < -0.39 is 0 Å². The zero-order valence-corrected chi connectivity index (χ0v) is 9.22. The molecule has 5 nitrogen and oxygen atoms in total. The second-order valence-corrected chi connectivity index (χ2v) is 3.77. The number of fused-ring (bicyclic) bond motifs is 1. The number of hydrogen-bond donors (Lipinski definition) is 1. The molecule has 0 spiro atoms. The summed E-state index contributed by atoms with van der Waals surface area (Å²) in [6.07, 6.45) is 5.47. The van der Waals surface area contributed by atoms with Crippen LogP contribution in [0.1, 0.15) is 5.82 Å². The molecule has 2 rings (SSSR count). The number of nitrogens with zero attached hydrogens (tertiary/aromatic N) is 3. The summed E-state index contributed by atoms with van der Waals surface area (Å²) in [5.74, 6) is 1.08. The molecule has 1 aliphatic rings. The van der Waals surface area contributed by atoms with E-state index in [0.29, 0.717) is 19.6 Å². The summed E-state index contributed by atoms with van der Waals surface area (Å²) in [5.41, 5.74) is 0. The minimum Gasteiger partial charge on any atom is -0.332 e. The lowest BCUT2D eigenvalue weighted by Gasteiger charge is -2.27. The van der Waals surface area contributed by atoms with E-state index in [4.69, 9.17) is 0 Å². The van der Waals surface area contributed by atoms with Gasteiger partial charge in [-0.15, -0.1) is 6.58 Å². The molecule has 0 aromatic carbocycles. The highest BCUT2D eigenvalue weighted by atomic mass is 16.2. The first-order valence-electron chi connectivity index (χ1n) is 5.40. The number of rotatable bonds is 4. The van der Waals surface area contributed by atoms with Crippen molar-refractivity contribution in [1.29, 1.82) is 0 Å². The third kappa shape index (κ3) is 2.30. The second-order valence-electron chi connectivity index (χ2n) is 3.77. The Bertz CT molecular complexity index is 385. The highest BCUT2D eigenvalue weighted by Crippen LogP contribution is 2.09. The van der Waals surface area contributed by atoms with Gasteiger partial charge in [-0.3, -0.25) is 4.79 Å². The zero-order chi connectivity index (χ0) is 11.4. The average Bonchev–Trinajstić information content (AvgIpc) is 2.76. The van der Waals surface area contributed by atoms with Gasteiger partial charge in [0.15, 0.2) is 0 Å². The van der Waals surface area contributed by atoms with Gasteiger partial charge in [0, 0.05) is 32.0 Å². The van der Waals surface area contributed by atoms with Crippen LogP contribution in [0, 0.1) is 0 Å². The van der Waals surface area contributed by atoms with Crippen molar-refractivity contribution in [2.75, 3.05) is 19.6 Å². The van der Waals surface area contributed by atoms with Crippen LogP contribution in [0.15, 0.2) is 25.0 Å². The molecule has 0 bridgehead atoms. The van der Waals surface area contributed by atoms with E-state index in [1.54, 1.807) is 12.3 Å². The molecule has 1 amide bonds. The van der Waals surface area contributed by atoms with Crippen LogP contribution in [0.5, 0.6) is 0 Å². The monoisotopic (exact) mass is 220 g/mol. The summed E-state index contributed by atoms with van der Waals surface area (Å²) in [5, 5.41) is 3.01. The average molecular weight is 220 g/mol. The van der Waals surface area contributed by atoms with Gasteiger partial charge in [0.1, 0.15) is 5.82 Å². The van der Waals surface area contributed by atoms with Crippen LogP contribution in [-0.2, 0) is 17.9 Å². The van der Waals surface area contributed by atoms with Crippen LogP contribution in [0.25, 0.3) is 0 Å². The number of amides is 1. The minimum absolute atomic E-state index is 0.121. The first kappa shape index (κ1) is 10.9. The second kappa shape index (κ2) is 4.94. The van der Waals surface area contributed by atoms with Crippen molar-refractivity contribution in [2.24, 2.45) is 0 Å². The first-order chi connectivity index (χ1) is 7.81. The third-order valence-corrected chi connectivity index (χ3v) is 2.66. The summed E-state index contributed by atoms with van der Waals surface area (Å²) < 4.78 is 2.08. The van der Waals surface area contributed by atoms with E-state index in [0.717, 1.165) is 18.9 Å². The first-order valence-corrected chi connectivity index (χ1v) is 5.40. The molecule has 16 heavy (non-hydrogen) atoms. The van der Waals surface area contributed by atoms with Gasteiger partial charge in [-0.05, 0) is 0 Å². The maximum Gasteiger partial charge on any atom is 0.237 e. The molecule has 1 aliphatic heterocycles. The fourth-order valence-electron chi connectivity index (χ4n) is 1.78. The number of carbonyl (C=O) groups is 1. The maximum atomic E-state index is 11.8. The van der Waals surface area contributed by atoms with Gasteiger partial charge in [0.25, 0.3) is 0 Å². The van der Waals surface area contributed by atoms with Crippen molar-refractivity contribution >= 4 is 5.91 Å². The Morgan fingerprint density at radius 3 is 3.31 bits per heavy atom. The summed E-state index contributed by atoms with van der Waals surface area (Å²) in [6.45, 7) is 6.83. The van der Waals surface area contributed by atoms with Crippen molar-refractivity contribution in [1.82, 2.24) is 19.8 Å². The Kier molecular flexibility index (Phi) is 3.36. The van der Waals surface area contributed by atoms with Crippen molar-refractivity contribution in [2.45, 2.75) is 13.1 Å². The summed E-state index contributed by atoms with van der Waals surface area (Å²) in [4.78, 5) is 17.8. The van der Waals surface area contributed by atoms with Crippen LogP contribution >= 0.6 is 0 Å². The van der Waals surface area contributed by atoms with E-state index in [1.165, 1.54) is 0 Å². The number of carbonyl (C=O) groups excluding carboxylic acids is 1. The molecule has 2 heterocycles. The molecule has 0 saturated carbocycles. The van der Waals surface area contributed by atoms with Gasteiger partial charge in [-0.25, -0.2) is 4.98 Å². The number of hydrogen-bond acceptors (Lipinski definition) is 3. The van der Waals surface area contributed by atoms with Crippen LogP contribution < -0.4 is 5.32 Å². The van der Waals surface area contributed by atoms with E-state index in [-0.39, 0.29) is 5.91 Å². The van der Waals surface area contributed by atoms with Crippen molar-refractivity contribution < 1.29 is 4.79 Å². The standard InChI is InChI=1S/C11H16N4O/c1-2-3-12-8-11(16)15-7-6-14-5-4-13-10(14)9-15/h2,4-5,12H,1,3,6-9H2. The Hall–Kier alpha value is -1.62. The SMILES string of the molecule is C=CCNCC(=O)N1CCn2ccnc2C1. The molecular formula is C11H16N4O. The van der Waals surface area contributed by atoms with Crippen LogP contribution in [0.3, 0.4) is 0 Å². The van der Waals surface area contributed by atoms with Gasteiger partial charge in [-0.2, -0.15) is 0 Å². The van der Waals surface area contributed by atoms with Gasteiger partial charge in [-0.1, -0.05) is 6.08 Å². The molecule has 0 radical (unpaired) electrons. The van der Waals surface area contributed by atoms with E-state index in [2.05, 4.69) is 21.4 Å². The molecule has 0 fully saturated rings. The van der Waals surface area contributed by atoms with Crippen LogP contribution in [0.4, 0.5) is 0 Å². The van der Waals surface area contributed by atoms with E-state index in [9.17, 15) is 4.79 Å². The summed E-state index contributed by atoms with van der Waals surface area (Å²) >= 11 is 0. The number of nitrogens with one attached hydrogen (secondary N) is 1. The molecular weight excluding hydrogens is 204 g/mol. The fraction of sp³-hybridized carbons (Fsp3) is 0.455. The molecule has 1 aromatic rings. The Balaban J connectivity index is 1.88. The van der Waals surface area contributed by atoms with Gasteiger partial charge in [0.2, 0.25) is 5.91 Å². The predicted molar refractivity (Wildman–Crippen MR) is 60.7 cm³/mol. The van der Waals surface area contributed by atoms with Crippen LogP contribution in [-0.4, -0.2) is 40.0 Å². The maximum absolute atomic E-state index is 11.8. The number of aromatic nitrogens is 2. The predicted octanol–water partition coefficient (Wildman–Crippen LogP) is 0.000900. The largest absolute Gasteiger partial charge is 0.332 e. The smallest absolute Gasteiger partial charge is 0.237 e. The lowest BCUT2D eigenvalue weighted by molar-refractivity contribution is -0.131. The fourth-order valence-corrected chi connectivity index (χ4v) is 1.78. The quantitative estimate of drug-likeness (QED) is 0.574. The third-order valence-electron chi connectivity index (χ3n) is 2.66. The molecule has 0 saturated heterocycles.